The molecule has 0 N–H and O–H groups in total. The molecule has 2 amide bonds. The zero-order valence-corrected chi connectivity index (χ0v) is 20.2. The van der Waals surface area contributed by atoms with Crippen molar-refractivity contribution in [3.63, 3.8) is 0 Å². The summed E-state index contributed by atoms with van der Waals surface area (Å²) >= 11 is 0. The molecule has 2 heterocycles. The fourth-order valence-electron chi connectivity index (χ4n) is 4.03. The van der Waals surface area contributed by atoms with Crippen LogP contribution in [0.1, 0.15) is 34.1 Å². The lowest BCUT2D eigenvalue weighted by Crippen LogP contribution is -2.48. The molecule has 184 valence electrons. The first-order chi connectivity index (χ1) is 17.0. The maximum atomic E-state index is 12.7. The Morgan fingerprint density at radius 2 is 1.74 bits per heavy atom. The fourth-order valence-corrected chi connectivity index (χ4v) is 4.03. The molecule has 1 aliphatic rings. The summed E-state index contributed by atoms with van der Waals surface area (Å²) in [5.74, 6) is 1.85. The Morgan fingerprint density at radius 3 is 2.43 bits per heavy atom. The van der Waals surface area contributed by atoms with Crippen molar-refractivity contribution in [2.45, 2.75) is 25.9 Å². The van der Waals surface area contributed by atoms with Gasteiger partial charge in [-0.1, -0.05) is 35.5 Å². The number of carbonyl (C=O) groups is 2. The van der Waals surface area contributed by atoms with Crippen LogP contribution in [0, 0.1) is 0 Å². The highest BCUT2D eigenvalue weighted by molar-refractivity contribution is 5.94. The van der Waals surface area contributed by atoms with E-state index in [1.54, 1.807) is 43.3 Å². The number of piperazine rings is 1. The Balaban J connectivity index is 1.20. The van der Waals surface area contributed by atoms with Crippen LogP contribution in [0.5, 0.6) is 5.75 Å². The van der Waals surface area contributed by atoms with E-state index < -0.39 is 0 Å². The number of hydrogen-bond donors (Lipinski definition) is 0. The molecule has 0 saturated carbocycles. The highest BCUT2D eigenvalue weighted by Gasteiger charge is 2.23. The van der Waals surface area contributed by atoms with Crippen molar-refractivity contribution in [3.05, 3.63) is 77.4 Å². The van der Waals surface area contributed by atoms with E-state index in [9.17, 15) is 9.59 Å². The van der Waals surface area contributed by atoms with E-state index in [-0.39, 0.29) is 11.8 Å². The van der Waals surface area contributed by atoms with E-state index in [1.165, 1.54) is 0 Å². The van der Waals surface area contributed by atoms with Crippen LogP contribution >= 0.6 is 0 Å². The van der Waals surface area contributed by atoms with Gasteiger partial charge in [0.1, 0.15) is 5.75 Å². The van der Waals surface area contributed by atoms with Crippen molar-refractivity contribution in [3.8, 4) is 5.75 Å². The molecule has 1 aliphatic heterocycles. The van der Waals surface area contributed by atoms with Gasteiger partial charge in [-0.2, -0.15) is 4.98 Å². The molecule has 9 nitrogen and oxygen atoms in total. The lowest BCUT2D eigenvalue weighted by atomic mass is 10.1. The molecule has 4 rings (SSSR count). The Kier molecular flexibility index (Phi) is 8.10. The number of methoxy groups -OCH3 is 1. The molecule has 1 saturated heterocycles. The average Bonchev–Trinajstić information content (AvgIpc) is 3.35. The highest BCUT2D eigenvalue weighted by Crippen LogP contribution is 2.15. The second kappa shape index (κ2) is 11.6. The summed E-state index contributed by atoms with van der Waals surface area (Å²) in [4.78, 5) is 35.4. The van der Waals surface area contributed by atoms with Crippen molar-refractivity contribution >= 4 is 11.8 Å². The largest absolute Gasteiger partial charge is 0.497 e. The zero-order valence-electron chi connectivity index (χ0n) is 20.2. The van der Waals surface area contributed by atoms with Crippen molar-refractivity contribution in [2.75, 3.05) is 40.3 Å². The molecule has 9 heteroatoms. The van der Waals surface area contributed by atoms with E-state index in [4.69, 9.17) is 9.26 Å². The quantitative estimate of drug-likeness (QED) is 0.468. The Bertz CT molecular complexity index is 1110. The number of carbonyl (C=O) groups excluding carboxylic acids is 2. The van der Waals surface area contributed by atoms with Gasteiger partial charge in [-0.05, 0) is 29.8 Å². The van der Waals surface area contributed by atoms with E-state index in [2.05, 4.69) is 15.0 Å². The number of amides is 2. The molecule has 0 radical (unpaired) electrons. The monoisotopic (exact) mass is 477 g/mol. The van der Waals surface area contributed by atoms with Crippen molar-refractivity contribution < 1.29 is 18.8 Å². The third-order valence-electron chi connectivity index (χ3n) is 6.11. The molecule has 0 aliphatic carbocycles. The third-order valence-corrected chi connectivity index (χ3v) is 6.11. The van der Waals surface area contributed by atoms with Crippen LogP contribution in [0.3, 0.4) is 0 Å². The minimum absolute atomic E-state index is 0.0241. The first kappa shape index (κ1) is 24.4. The normalized spacial score (nSPS) is 14.1. The van der Waals surface area contributed by atoms with E-state index in [0.29, 0.717) is 56.3 Å². The molecule has 0 unspecified atom stereocenters. The fraction of sp³-hybridized carbons (Fsp3) is 0.385. The lowest BCUT2D eigenvalue weighted by Gasteiger charge is -2.34. The molecule has 3 aromatic rings. The molecule has 0 bridgehead atoms. The number of nitrogens with zero attached hydrogens (tertiary/aromatic N) is 5. The van der Waals surface area contributed by atoms with Crippen LogP contribution < -0.4 is 4.74 Å². The minimum atomic E-state index is 0.0241. The number of benzene rings is 2. The Morgan fingerprint density at radius 1 is 1.03 bits per heavy atom. The van der Waals surface area contributed by atoms with Crippen LogP contribution in [0.25, 0.3) is 0 Å². The molecular weight excluding hydrogens is 446 g/mol. The first-order valence-corrected chi connectivity index (χ1v) is 11.8. The van der Waals surface area contributed by atoms with Gasteiger partial charge >= 0.3 is 0 Å². The summed E-state index contributed by atoms with van der Waals surface area (Å²) in [7, 11) is 3.40. The van der Waals surface area contributed by atoms with Crippen molar-refractivity contribution in [1.82, 2.24) is 24.8 Å². The summed E-state index contributed by atoms with van der Waals surface area (Å²) < 4.78 is 10.5. The Labute approximate surface area is 205 Å². The number of rotatable bonds is 9. The SMILES string of the molecule is COc1ccc(C(=O)N2CCN(Cc3noc(CCC(=O)N(C)Cc4ccccc4)n3)CC2)cc1. The molecule has 0 atom stereocenters. The molecule has 35 heavy (non-hydrogen) atoms. The van der Waals surface area contributed by atoms with Gasteiger partial charge in [-0.3, -0.25) is 14.5 Å². The molecule has 1 fully saturated rings. The lowest BCUT2D eigenvalue weighted by molar-refractivity contribution is -0.130. The second-order valence-electron chi connectivity index (χ2n) is 8.64. The predicted octanol–water partition coefficient (Wildman–Crippen LogP) is 2.63. The van der Waals surface area contributed by atoms with Gasteiger partial charge in [0.15, 0.2) is 5.82 Å². The number of hydrogen-bond acceptors (Lipinski definition) is 7. The first-order valence-electron chi connectivity index (χ1n) is 11.8. The standard InChI is InChI=1S/C26H31N5O4/c1-29(18-20-6-4-3-5-7-20)25(32)13-12-24-27-23(28-35-24)19-30-14-16-31(17-15-30)26(33)21-8-10-22(34-2)11-9-21/h3-11H,12-19H2,1-2H3. The minimum Gasteiger partial charge on any atom is -0.497 e. The van der Waals surface area contributed by atoms with Crippen molar-refractivity contribution in [2.24, 2.45) is 0 Å². The van der Waals surface area contributed by atoms with Gasteiger partial charge < -0.3 is 19.1 Å². The summed E-state index contributed by atoms with van der Waals surface area (Å²) in [6, 6.07) is 17.1. The van der Waals surface area contributed by atoms with E-state index >= 15 is 0 Å². The second-order valence-corrected chi connectivity index (χ2v) is 8.64. The van der Waals surface area contributed by atoms with Gasteiger partial charge in [0.25, 0.3) is 5.91 Å². The van der Waals surface area contributed by atoms with Crippen LogP contribution in [-0.4, -0.2) is 77.0 Å². The predicted molar refractivity (Wildman–Crippen MR) is 130 cm³/mol. The molecule has 2 aromatic carbocycles. The van der Waals surface area contributed by atoms with Crippen LogP contribution in [0.4, 0.5) is 0 Å². The van der Waals surface area contributed by atoms with Crippen LogP contribution in [0.2, 0.25) is 0 Å². The molecular formula is C26H31N5O4. The summed E-state index contributed by atoms with van der Waals surface area (Å²) in [5, 5.41) is 4.07. The number of aryl methyl sites for hydroxylation is 1. The molecule has 1 aromatic heterocycles. The topological polar surface area (TPSA) is 92.0 Å². The smallest absolute Gasteiger partial charge is 0.253 e. The number of aromatic nitrogens is 2. The van der Waals surface area contributed by atoms with Crippen LogP contribution in [0.15, 0.2) is 59.1 Å². The third kappa shape index (κ3) is 6.66. The Hall–Kier alpha value is -3.72. The maximum absolute atomic E-state index is 12.7. The summed E-state index contributed by atoms with van der Waals surface area (Å²) in [6.45, 7) is 3.86. The van der Waals surface area contributed by atoms with E-state index in [1.807, 2.05) is 35.2 Å². The highest BCUT2D eigenvalue weighted by atomic mass is 16.5. The maximum Gasteiger partial charge on any atom is 0.253 e. The van der Waals surface area contributed by atoms with E-state index in [0.717, 1.165) is 24.4 Å². The van der Waals surface area contributed by atoms with Gasteiger partial charge in [0.05, 0.1) is 13.7 Å². The van der Waals surface area contributed by atoms with Gasteiger partial charge in [0, 0.05) is 58.2 Å². The molecule has 0 spiro atoms. The van der Waals surface area contributed by atoms with Crippen molar-refractivity contribution in [1.29, 1.82) is 0 Å². The number of ether oxygens (including phenoxy) is 1. The average molecular weight is 478 g/mol. The van der Waals surface area contributed by atoms with Gasteiger partial charge in [-0.15, -0.1) is 0 Å². The van der Waals surface area contributed by atoms with Gasteiger partial charge in [-0.25, -0.2) is 0 Å². The zero-order chi connectivity index (χ0) is 24.6. The van der Waals surface area contributed by atoms with Crippen LogP contribution in [-0.2, 0) is 24.3 Å². The van der Waals surface area contributed by atoms with Gasteiger partial charge in [0.2, 0.25) is 11.8 Å². The summed E-state index contributed by atoms with van der Waals surface area (Å²) in [6.07, 6.45) is 0.728. The summed E-state index contributed by atoms with van der Waals surface area (Å²) in [5.41, 5.74) is 1.75.